The second-order valence-corrected chi connectivity index (χ2v) is 13.6. The number of rotatable bonds is 6. The van der Waals surface area contributed by atoms with Crippen LogP contribution in [0.15, 0.2) is 152 Å². The molecule has 0 aliphatic heterocycles. The van der Waals surface area contributed by atoms with Gasteiger partial charge in [0.2, 0.25) is 0 Å². The van der Waals surface area contributed by atoms with Crippen molar-refractivity contribution < 1.29 is 0 Å². The Bertz CT molecular complexity index is 3200. The normalized spacial score (nSPS) is 10.6. The van der Waals surface area contributed by atoms with E-state index in [-0.39, 0.29) is 0 Å². The molecule has 0 aliphatic rings. The summed E-state index contributed by atoms with van der Waals surface area (Å²) in [4.78, 5) is 22.4. The molecular formula is C50H25N9. The average molecular weight is 752 g/mol. The summed E-state index contributed by atoms with van der Waals surface area (Å²) in [6.07, 6.45) is 0. The Hall–Kier alpha value is -9.20. The number of fused-ring (bicyclic) bond motifs is 3. The summed E-state index contributed by atoms with van der Waals surface area (Å²) in [5.41, 5.74) is 9.52. The lowest BCUT2D eigenvalue weighted by Crippen LogP contribution is -2.01. The molecule has 0 radical (unpaired) electrons. The fourth-order valence-electron chi connectivity index (χ4n) is 7.40. The first kappa shape index (κ1) is 35.5. The number of nitriles is 3. The third-order valence-electron chi connectivity index (χ3n) is 10.2. The molecule has 59 heavy (non-hydrogen) atoms. The van der Waals surface area contributed by atoms with Crippen LogP contribution in [0.3, 0.4) is 0 Å². The SMILES string of the molecule is [C-]#[N+]c1cc(C#N)ccc1-c1ccc2c(c1)c1cc(-c3ccc(C#N)cc3C#N)ccc1n2-c1ccc([N+]#[C-])c(-c2nc(-c3ccccc3)nc(-c3ccccc3)n2)c1. The summed E-state index contributed by atoms with van der Waals surface area (Å²) < 4.78 is 2.12. The molecule has 9 heteroatoms. The van der Waals surface area contributed by atoms with Crippen molar-refractivity contribution in [2.75, 3.05) is 0 Å². The van der Waals surface area contributed by atoms with Gasteiger partial charge in [-0.05, 0) is 82.9 Å². The minimum Gasteiger partial charge on any atom is -0.309 e. The third-order valence-corrected chi connectivity index (χ3v) is 10.2. The van der Waals surface area contributed by atoms with E-state index in [0.29, 0.717) is 62.2 Å². The van der Waals surface area contributed by atoms with Gasteiger partial charge in [0, 0.05) is 38.7 Å². The predicted octanol–water partition coefficient (Wildman–Crippen LogP) is 12.0. The summed E-state index contributed by atoms with van der Waals surface area (Å²) in [5, 5.41) is 30.8. The van der Waals surface area contributed by atoms with Crippen LogP contribution in [0.4, 0.5) is 11.4 Å². The van der Waals surface area contributed by atoms with Gasteiger partial charge in [-0.15, -0.1) is 0 Å². The van der Waals surface area contributed by atoms with Crippen molar-refractivity contribution in [1.29, 1.82) is 15.8 Å². The molecule has 9 nitrogen and oxygen atoms in total. The van der Waals surface area contributed by atoms with Crippen LogP contribution in [0.25, 0.3) is 93.6 Å². The van der Waals surface area contributed by atoms with E-state index in [1.54, 1.807) is 42.5 Å². The van der Waals surface area contributed by atoms with Crippen LogP contribution in [0, 0.1) is 47.1 Å². The molecule has 0 amide bonds. The fourth-order valence-corrected chi connectivity index (χ4v) is 7.40. The second-order valence-electron chi connectivity index (χ2n) is 13.6. The van der Waals surface area contributed by atoms with Gasteiger partial charge >= 0.3 is 0 Å². The number of aromatic nitrogens is 4. The average Bonchev–Trinajstić information content (AvgIpc) is 3.64. The minimum atomic E-state index is 0.355. The van der Waals surface area contributed by atoms with Gasteiger partial charge in [0.25, 0.3) is 0 Å². The number of benzene rings is 7. The van der Waals surface area contributed by atoms with E-state index in [1.165, 1.54) is 0 Å². The number of hydrogen-bond acceptors (Lipinski definition) is 6. The molecule has 2 heterocycles. The zero-order valence-corrected chi connectivity index (χ0v) is 31.0. The molecule has 0 aliphatic carbocycles. The summed E-state index contributed by atoms with van der Waals surface area (Å²) in [5.74, 6) is 1.32. The summed E-state index contributed by atoms with van der Waals surface area (Å²) >= 11 is 0. The molecule has 9 aromatic rings. The van der Waals surface area contributed by atoms with Crippen LogP contribution in [0.1, 0.15) is 16.7 Å². The van der Waals surface area contributed by atoms with Gasteiger partial charge < -0.3 is 4.57 Å². The highest BCUT2D eigenvalue weighted by Gasteiger charge is 2.20. The quantitative estimate of drug-likeness (QED) is 0.156. The summed E-state index contributed by atoms with van der Waals surface area (Å²) in [6, 6.07) is 53.6. The monoisotopic (exact) mass is 751 g/mol. The molecule has 0 saturated heterocycles. The van der Waals surface area contributed by atoms with E-state index in [0.717, 1.165) is 49.7 Å². The fraction of sp³-hybridized carbons (Fsp3) is 0. The lowest BCUT2D eigenvalue weighted by Gasteiger charge is -2.13. The number of hydrogen-bond donors (Lipinski definition) is 0. The maximum atomic E-state index is 10.1. The van der Waals surface area contributed by atoms with E-state index in [4.69, 9.17) is 28.1 Å². The van der Waals surface area contributed by atoms with Gasteiger partial charge in [0.05, 0.1) is 53.5 Å². The van der Waals surface area contributed by atoms with Gasteiger partial charge in [-0.1, -0.05) is 91.0 Å². The molecule has 7 aromatic carbocycles. The van der Waals surface area contributed by atoms with Crippen LogP contribution >= 0.6 is 0 Å². The van der Waals surface area contributed by atoms with Gasteiger partial charge in [-0.3, -0.25) is 0 Å². The molecule has 2 aromatic heterocycles. The van der Waals surface area contributed by atoms with E-state index in [2.05, 4.69) is 32.5 Å². The van der Waals surface area contributed by atoms with E-state index >= 15 is 0 Å². The molecule has 0 fully saturated rings. The Labute approximate surface area is 338 Å². The van der Waals surface area contributed by atoms with Crippen LogP contribution < -0.4 is 0 Å². The Morgan fingerprint density at radius 2 is 0.983 bits per heavy atom. The first-order valence-corrected chi connectivity index (χ1v) is 18.3. The maximum absolute atomic E-state index is 10.1. The summed E-state index contributed by atoms with van der Waals surface area (Å²) in [7, 11) is 0. The Kier molecular flexibility index (Phi) is 8.90. The molecule has 0 atom stereocenters. The molecule has 9 rings (SSSR count). The zero-order chi connectivity index (χ0) is 40.5. The van der Waals surface area contributed by atoms with E-state index in [9.17, 15) is 15.8 Å². The van der Waals surface area contributed by atoms with Crippen LogP contribution in [0.2, 0.25) is 0 Å². The molecule has 0 spiro atoms. The van der Waals surface area contributed by atoms with Crippen molar-refractivity contribution in [1.82, 2.24) is 19.5 Å². The molecule has 0 unspecified atom stereocenters. The van der Waals surface area contributed by atoms with Gasteiger partial charge in [-0.25, -0.2) is 24.6 Å². The molecule has 0 N–H and O–H groups in total. The summed E-state index contributed by atoms with van der Waals surface area (Å²) in [6.45, 7) is 16.1. The third kappa shape index (κ3) is 6.34. The van der Waals surface area contributed by atoms with E-state index in [1.807, 2.05) is 109 Å². The van der Waals surface area contributed by atoms with E-state index < -0.39 is 0 Å². The first-order valence-electron chi connectivity index (χ1n) is 18.3. The zero-order valence-electron chi connectivity index (χ0n) is 31.0. The Balaban J connectivity index is 1.29. The van der Waals surface area contributed by atoms with Crippen molar-refractivity contribution in [2.45, 2.75) is 0 Å². The van der Waals surface area contributed by atoms with Crippen LogP contribution in [0.5, 0.6) is 0 Å². The van der Waals surface area contributed by atoms with Gasteiger partial charge in [-0.2, -0.15) is 15.8 Å². The van der Waals surface area contributed by atoms with Gasteiger partial charge in [0.15, 0.2) is 28.8 Å². The standard InChI is InChI=1S/C50H25N9/c1-54-44-20-17-38(27-43(44)50-57-48(33-9-5-3-6-10-33)56-49(58-50)34-11-7-4-8-12-34)59-46-21-15-35(39-18-13-31(28-51)23-37(39)30-53)25-41(46)42-26-36(16-22-47(42)59)40-19-14-32(29-52)24-45(40)55-2/h3-27H. The van der Waals surface area contributed by atoms with Crippen molar-refractivity contribution in [3.8, 4) is 80.3 Å². The molecule has 0 bridgehead atoms. The lowest BCUT2D eigenvalue weighted by molar-refractivity contribution is 1.07. The highest BCUT2D eigenvalue weighted by atomic mass is 15.0. The Morgan fingerprint density at radius 1 is 0.441 bits per heavy atom. The highest BCUT2D eigenvalue weighted by Crippen LogP contribution is 2.41. The van der Waals surface area contributed by atoms with Crippen LogP contribution in [-0.2, 0) is 0 Å². The van der Waals surface area contributed by atoms with Gasteiger partial charge in [0.1, 0.15) is 0 Å². The maximum Gasteiger partial charge on any atom is 0.198 e. The molecule has 0 saturated carbocycles. The van der Waals surface area contributed by atoms with Crippen molar-refractivity contribution in [3.05, 3.63) is 191 Å². The largest absolute Gasteiger partial charge is 0.309 e. The van der Waals surface area contributed by atoms with Crippen molar-refractivity contribution in [3.63, 3.8) is 0 Å². The van der Waals surface area contributed by atoms with Crippen molar-refractivity contribution in [2.24, 2.45) is 0 Å². The first-order chi connectivity index (χ1) is 29.0. The minimum absolute atomic E-state index is 0.355. The lowest BCUT2D eigenvalue weighted by atomic mass is 9.96. The molecule has 270 valence electrons. The van der Waals surface area contributed by atoms with Crippen LogP contribution in [-0.4, -0.2) is 19.5 Å². The highest BCUT2D eigenvalue weighted by molar-refractivity contribution is 6.12. The molecular weight excluding hydrogens is 727 g/mol. The predicted molar refractivity (Wildman–Crippen MR) is 228 cm³/mol. The Morgan fingerprint density at radius 3 is 1.54 bits per heavy atom. The van der Waals surface area contributed by atoms with Crippen molar-refractivity contribution >= 4 is 33.2 Å². The number of nitrogens with zero attached hydrogens (tertiary/aromatic N) is 9. The topological polar surface area (TPSA) is 124 Å². The second kappa shape index (κ2) is 14.8. The smallest absolute Gasteiger partial charge is 0.198 e.